The van der Waals surface area contributed by atoms with Crippen molar-refractivity contribution < 1.29 is 9.13 Å². The average Bonchev–Trinajstić information content (AvgIpc) is 2.15. The van der Waals surface area contributed by atoms with Gasteiger partial charge in [-0.1, -0.05) is 12.5 Å². The zero-order valence-electron chi connectivity index (χ0n) is 9.28. The molecule has 1 aromatic carbocycles. The van der Waals surface area contributed by atoms with Crippen LogP contribution in [0.2, 0.25) is 0 Å². The summed E-state index contributed by atoms with van der Waals surface area (Å²) in [6.07, 6.45) is 3.62. The maximum Gasteiger partial charge on any atom is 0.165 e. The van der Waals surface area contributed by atoms with E-state index in [-0.39, 0.29) is 30.0 Å². The largest absolute Gasteiger partial charge is 0.494 e. The van der Waals surface area contributed by atoms with E-state index in [1.807, 2.05) is 0 Å². The van der Waals surface area contributed by atoms with Crippen molar-refractivity contribution in [2.24, 2.45) is 11.7 Å². The summed E-state index contributed by atoms with van der Waals surface area (Å²) in [7, 11) is 1.47. The minimum atomic E-state index is -0.331. The lowest BCUT2D eigenvalue weighted by Gasteiger charge is -2.31. The van der Waals surface area contributed by atoms with Crippen molar-refractivity contribution in [3.63, 3.8) is 0 Å². The monoisotopic (exact) mass is 245 g/mol. The van der Waals surface area contributed by atoms with Gasteiger partial charge in [0.05, 0.1) is 7.11 Å². The molecule has 0 heterocycles. The molecule has 0 radical (unpaired) electrons. The van der Waals surface area contributed by atoms with E-state index in [1.54, 1.807) is 12.1 Å². The standard InChI is InChI=1S/C12H16FNO.ClH/c1-15-11-7-9(5-6-10(11)13)12(14)8-3-2-4-8;/h5-8,12H,2-4,14H2,1H3;1H/t12-;/m1./s1. The highest BCUT2D eigenvalue weighted by atomic mass is 35.5. The van der Waals surface area contributed by atoms with Gasteiger partial charge in [0.15, 0.2) is 11.6 Å². The topological polar surface area (TPSA) is 35.2 Å². The molecule has 1 fully saturated rings. The first-order valence-electron chi connectivity index (χ1n) is 5.31. The Bertz CT molecular complexity index is 355. The van der Waals surface area contributed by atoms with E-state index >= 15 is 0 Å². The molecule has 2 N–H and O–H groups in total. The highest BCUT2D eigenvalue weighted by Gasteiger charge is 2.25. The molecule has 0 unspecified atom stereocenters. The van der Waals surface area contributed by atoms with Gasteiger partial charge < -0.3 is 10.5 Å². The highest BCUT2D eigenvalue weighted by molar-refractivity contribution is 5.85. The number of halogens is 2. The predicted molar refractivity (Wildman–Crippen MR) is 64.5 cm³/mol. The molecular weight excluding hydrogens is 229 g/mol. The Morgan fingerprint density at radius 1 is 1.44 bits per heavy atom. The number of benzene rings is 1. The lowest BCUT2D eigenvalue weighted by Crippen LogP contribution is -2.26. The van der Waals surface area contributed by atoms with Crippen LogP contribution >= 0.6 is 12.4 Å². The second-order valence-electron chi connectivity index (χ2n) is 4.11. The van der Waals surface area contributed by atoms with Crippen LogP contribution in [0.1, 0.15) is 30.9 Å². The van der Waals surface area contributed by atoms with Crippen LogP contribution in [-0.2, 0) is 0 Å². The predicted octanol–water partition coefficient (Wildman–Crippen LogP) is 3.06. The molecule has 0 spiro atoms. The summed E-state index contributed by atoms with van der Waals surface area (Å²) in [5.41, 5.74) is 7.07. The van der Waals surface area contributed by atoms with Crippen LogP contribution in [-0.4, -0.2) is 7.11 Å². The number of ether oxygens (including phenoxy) is 1. The highest BCUT2D eigenvalue weighted by Crippen LogP contribution is 2.37. The van der Waals surface area contributed by atoms with Crippen molar-refractivity contribution in [3.05, 3.63) is 29.6 Å². The SMILES string of the molecule is COc1cc([C@H](N)C2CCC2)ccc1F.Cl. The van der Waals surface area contributed by atoms with Crippen LogP contribution in [0, 0.1) is 11.7 Å². The van der Waals surface area contributed by atoms with Crippen LogP contribution in [0.3, 0.4) is 0 Å². The van der Waals surface area contributed by atoms with E-state index in [9.17, 15) is 4.39 Å². The maximum atomic E-state index is 13.2. The van der Waals surface area contributed by atoms with Gasteiger partial charge in [-0.05, 0) is 36.5 Å². The summed E-state index contributed by atoms with van der Waals surface area (Å²) in [6.45, 7) is 0. The smallest absolute Gasteiger partial charge is 0.165 e. The Labute approximate surface area is 101 Å². The second-order valence-corrected chi connectivity index (χ2v) is 4.11. The first-order valence-corrected chi connectivity index (χ1v) is 5.31. The second kappa shape index (κ2) is 5.51. The van der Waals surface area contributed by atoms with Crippen molar-refractivity contribution in [2.45, 2.75) is 25.3 Å². The molecule has 2 nitrogen and oxygen atoms in total. The molecule has 0 aliphatic heterocycles. The maximum absolute atomic E-state index is 13.2. The molecule has 1 aliphatic carbocycles. The fourth-order valence-electron chi connectivity index (χ4n) is 1.95. The summed E-state index contributed by atoms with van der Waals surface area (Å²) in [6, 6.07) is 4.90. The molecule has 4 heteroatoms. The quantitative estimate of drug-likeness (QED) is 0.888. The van der Waals surface area contributed by atoms with Crippen molar-refractivity contribution >= 4 is 12.4 Å². The number of hydrogen-bond acceptors (Lipinski definition) is 2. The van der Waals surface area contributed by atoms with Gasteiger partial charge in [-0.25, -0.2) is 4.39 Å². The molecule has 0 bridgehead atoms. The van der Waals surface area contributed by atoms with Gasteiger partial charge in [0, 0.05) is 6.04 Å². The van der Waals surface area contributed by atoms with Crippen molar-refractivity contribution in [3.8, 4) is 5.75 Å². The summed E-state index contributed by atoms with van der Waals surface area (Å²) in [5.74, 6) is 0.504. The van der Waals surface area contributed by atoms with Crippen molar-refractivity contribution in [2.75, 3.05) is 7.11 Å². The van der Waals surface area contributed by atoms with Gasteiger partial charge in [0.1, 0.15) is 0 Å². The van der Waals surface area contributed by atoms with Gasteiger partial charge in [-0.2, -0.15) is 0 Å². The van der Waals surface area contributed by atoms with Gasteiger partial charge in [0.2, 0.25) is 0 Å². The van der Waals surface area contributed by atoms with Crippen LogP contribution in [0.25, 0.3) is 0 Å². The van der Waals surface area contributed by atoms with E-state index in [4.69, 9.17) is 10.5 Å². The molecule has 1 saturated carbocycles. The Hall–Kier alpha value is -0.800. The minimum absolute atomic E-state index is 0. The van der Waals surface area contributed by atoms with Gasteiger partial charge in [0.25, 0.3) is 0 Å². The average molecular weight is 246 g/mol. The van der Waals surface area contributed by atoms with Gasteiger partial charge in [-0.3, -0.25) is 0 Å². The van der Waals surface area contributed by atoms with Crippen LogP contribution in [0.15, 0.2) is 18.2 Å². The fourth-order valence-corrected chi connectivity index (χ4v) is 1.95. The Morgan fingerprint density at radius 2 is 2.12 bits per heavy atom. The molecule has 90 valence electrons. The zero-order valence-corrected chi connectivity index (χ0v) is 10.1. The first-order chi connectivity index (χ1) is 7.22. The third-order valence-corrected chi connectivity index (χ3v) is 3.22. The number of hydrogen-bond donors (Lipinski definition) is 1. The summed E-state index contributed by atoms with van der Waals surface area (Å²) in [5, 5.41) is 0. The van der Waals surface area contributed by atoms with Crippen LogP contribution in [0.5, 0.6) is 5.75 Å². The molecule has 0 aromatic heterocycles. The molecule has 2 rings (SSSR count). The zero-order chi connectivity index (χ0) is 10.8. The fraction of sp³-hybridized carbons (Fsp3) is 0.500. The third kappa shape index (κ3) is 2.47. The van der Waals surface area contributed by atoms with Crippen LogP contribution in [0.4, 0.5) is 4.39 Å². The lowest BCUT2D eigenvalue weighted by molar-refractivity contribution is 0.263. The molecule has 0 saturated heterocycles. The number of nitrogens with two attached hydrogens (primary N) is 1. The Kier molecular flexibility index (Phi) is 4.56. The summed E-state index contributed by atoms with van der Waals surface area (Å²) in [4.78, 5) is 0. The Morgan fingerprint density at radius 3 is 2.62 bits per heavy atom. The molecule has 1 atom stereocenters. The van der Waals surface area contributed by atoms with Crippen molar-refractivity contribution in [1.82, 2.24) is 0 Å². The third-order valence-electron chi connectivity index (χ3n) is 3.22. The van der Waals surface area contributed by atoms with E-state index in [1.165, 1.54) is 32.4 Å². The molecule has 1 aromatic rings. The molecular formula is C12H17ClFNO. The molecule has 1 aliphatic rings. The molecule has 16 heavy (non-hydrogen) atoms. The van der Waals surface area contributed by atoms with E-state index in [0.29, 0.717) is 5.92 Å². The summed E-state index contributed by atoms with van der Waals surface area (Å²) < 4.78 is 18.1. The first kappa shape index (κ1) is 13.3. The number of methoxy groups -OCH3 is 1. The summed E-state index contributed by atoms with van der Waals surface area (Å²) >= 11 is 0. The Balaban J connectivity index is 0.00000128. The normalized spacial score (nSPS) is 17.2. The van der Waals surface area contributed by atoms with Crippen LogP contribution < -0.4 is 10.5 Å². The van der Waals surface area contributed by atoms with E-state index in [2.05, 4.69) is 0 Å². The lowest BCUT2D eigenvalue weighted by atomic mass is 9.77. The van der Waals surface area contributed by atoms with Gasteiger partial charge in [-0.15, -0.1) is 12.4 Å². The number of rotatable bonds is 3. The molecule has 0 amide bonds. The van der Waals surface area contributed by atoms with E-state index in [0.717, 1.165) is 5.56 Å². The van der Waals surface area contributed by atoms with Crippen molar-refractivity contribution in [1.29, 1.82) is 0 Å². The van der Waals surface area contributed by atoms with Gasteiger partial charge >= 0.3 is 0 Å². The minimum Gasteiger partial charge on any atom is -0.494 e. The van der Waals surface area contributed by atoms with E-state index < -0.39 is 0 Å².